The zero-order valence-corrected chi connectivity index (χ0v) is 19.7. The van der Waals surface area contributed by atoms with E-state index in [0.29, 0.717) is 10.7 Å². The zero-order valence-electron chi connectivity index (χ0n) is 18.9. The maximum Gasteiger partial charge on any atom is 0.411 e. The van der Waals surface area contributed by atoms with Crippen LogP contribution in [0.25, 0.3) is 0 Å². The molecule has 2 rings (SSSR count). The molecule has 9 heteroatoms. The van der Waals surface area contributed by atoms with Crippen molar-refractivity contribution < 1.29 is 19.1 Å². The van der Waals surface area contributed by atoms with Gasteiger partial charge in [0.05, 0.1) is 12.0 Å². The van der Waals surface area contributed by atoms with E-state index in [1.165, 1.54) is 0 Å². The number of amides is 3. The highest BCUT2D eigenvalue weighted by atomic mass is 35.5. The molecule has 3 amide bonds. The topological polar surface area (TPSA) is 123 Å². The van der Waals surface area contributed by atoms with E-state index in [1.54, 1.807) is 31.2 Å². The first kappa shape index (κ1) is 26.2. The molecule has 1 atom stereocenters. The highest BCUT2D eigenvalue weighted by Crippen LogP contribution is 2.23. The van der Waals surface area contributed by atoms with Crippen molar-refractivity contribution in [3.63, 3.8) is 0 Å². The van der Waals surface area contributed by atoms with Gasteiger partial charge < -0.3 is 21.1 Å². The summed E-state index contributed by atoms with van der Waals surface area (Å²) < 4.78 is 5.37. The molecule has 0 bridgehead atoms. The molecule has 0 aliphatic carbocycles. The van der Waals surface area contributed by atoms with E-state index in [4.69, 9.17) is 22.1 Å². The number of benzene rings is 2. The Labute approximate surface area is 199 Å². The molecule has 0 fully saturated rings. The van der Waals surface area contributed by atoms with Gasteiger partial charge in [0.25, 0.3) is 0 Å². The number of nitrogens with one attached hydrogen (secondary N) is 3. The maximum atomic E-state index is 13.0. The van der Waals surface area contributed by atoms with Gasteiger partial charge in [0, 0.05) is 23.8 Å². The van der Waals surface area contributed by atoms with Crippen LogP contribution in [0.15, 0.2) is 48.5 Å². The van der Waals surface area contributed by atoms with Gasteiger partial charge in [-0.05, 0) is 49.1 Å². The first-order chi connectivity index (χ1) is 15.8. The summed E-state index contributed by atoms with van der Waals surface area (Å²) >= 11 is 6.17. The minimum absolute atomic E-state index is 0.148. The quantitative estimate of drug-likeness (QED) is 0.398. The van der Waals surface area contributed by atoms with Gasteiger partial charge in [-0.15, -0.1) is 0 Å². The largest absolute Gasteiger partial charge is 0.448 e. The molecule has 0 heterocycles. The van der Waals surface area contributed by atoms with Crippen LogP contribution in [0, 0.1) is 5.41 Å². The number of nitrogens with two attached hydrogens (primary N) is 1. The molecule has 0 aliphatic rings. The molecule has 0 aromatic heterocycles. The Kier molecular flexibility index (Phi) is 10.2. The molecule has 0 aliphatic heterocycles. The Morgan fingerprint density at radius 1 is 1.06 bits per heavy atom. The summed E-state index contributed by atoms with van der Waals surface area (Å²) in [6, 6.07) is 14.6. The number of rotatable bonds is 11. The van der Waals surface area contributed by atoms with Crippen LogP contribution in [0.5, 0.6) is 0 Å². The maximum absolute atomic E-state index is 13.0. The number of anilines is 1. The lowest BCUT2D eigenvalue weighted by Crippen LogP contribution is -2.45. The summed E-state index contributed by atoms with van der Waals surface area (Å²) in [5.74, 6) is -0.660. The Morgan fingerprint density at radius 3 is 2.39 bits per heavy atom. The summed E-state index contributed by atoms with van der Waals surface area (Å²) in [7, 11) is 0. The summed E-state index contributed by atoms with van der Waals surface area (Å²) in [5.41, 5.74) is 6.73. The Balaban J connectivity index is 2.00. The average Bonchev–Trinajstić information content (AvgIpc) is 2.82. The molecule has 0 saturated heterocycles. The number of carbonyl (C=O) groups is 3. The molecule has 0 spiro atoms. The lowest BCUT2D eigenvalue weighted by molar-refractivity contribution is -0.133. The van der Waals surface area contributed by atoms with E-state index in [1.807, 2.05) is 31.2 Å². The van der Waals surface area contributed by atoms with Crippen molar-refractivity contribution >= 4 is 35.2 Å². The van der Waals surface area contributed by atoms with Gasteiger partial charge in [-0.3, -0.25) is 14.9 Å². The van der Waals surface area contributed by atoms with Gasteiger partial charge >= 0.3 is 6.09 Å². The fourth-order valence-corrected chi connectivity index (χ4v) is 3.24. The summed E-state index contributed by atoms with van der Waals surface area (Å²) in [4.78, 5) is 36.8. The second-order valence-electron chi connectivity index (χ2n) is 7.89. The number of hydrogen-bond donors (Lipinski definition) is 4. The molecule has 33 heavy (non-hydrogen) atoms. The monoisotopic (exact) mass is 474 g/mol. The minimum atomic E-state index is -1.09. The number of hydrogen-bond acceptors (Lipinski definition) is 5. The van der Waals surface area contributed by atoms with Crippen LogP contribution >= 0.6 is 11.6 Å². The van der Waals surface area contributed by atoms with E-state index >= 15 is 0 Å². The van der Waals surface area contributed by atoms with E-state index < -0.39 is 11.5 Å². The Morgan fingerprint density at radius 2 is 1.76 bits per heavy atom. The average molecular weight is 475 g/mol. The van der Waals surface area contributed by atoms with E-state index in [0.717, 1.165) is 17.5 Å². The van der Waals surface area contributed by atoms with E-state index in [9.17, 15) is 14.4 Å². The van der Waals surface area contributed by atoms with Crippen molar-refractivity contribution in [2.45, 2.75) is 33.2 Å². The van der Waals surface area contributed by atoms with Crippen molar-refractivity contribution in [1.29, 1.82) is 0 Å². The van der Waals surface area contributed by atoms with Crippen LogP contribution in [0.3, 0.4) is 0 Å². The molecule has 178 valence electrons. The Hall–Kier alpha value is -3.10. The van der Waals surface area contributed by atoms with Crippen molar-refractivity contribution in [1.82, 2.24) is 10.6 Å². The summed E-state index contributed by atoms with van der Waals surface area (Å²) in [5, 5.41) is 8.69. The van der Waals surface area contributed by atoms with Crippen molar-refractivity contribution in [3.05, 3.63) is 64.7 Å². The third-order valence-electron chi connectivity index (χ3n) is 5.26. The van der Waals surface area contributed by atoms with Gasteiger partial charge in [0.15, 0.2) is 0 Å². The van der Waals surface area contributed by atoms with E-state index in [-0.39, 0.29) is 44.5 Å². The van der Waals surface area contributed by atoms with Gasteiger partial charge in [-0.25, -0.2) is 4.79 Å². The van der Waals surface area contributed by atoms with Crippen LogP contribution in [-0.4, -0.2) is 37.6 Å². The zero-order chi connectivity index (χ0) is 24.3. The van der Waals surface area contributed by atoms with Crippen LogP contribution in [0.4, 0.5) is 10.5 Å². The second-order valence-corrected chi connectivity index (χ2v) is 8.30. The molecule has 0 saturated carbocycles. The molecule has 8 nitrogen and oxygen atoms in total. The normalized spacial score (nSPS) is 12.4. The molecule has 2 aromatic carbocycles. The molecule has 1 unspecified atom stereocenters. The fraction of sp³-hybridized carbons (Fsp3) is 0.375. The second kappa shape index (κ2) is 12.8. The fourth-order valence-electron chi connectivity index (χ4n) is 3.03. The van der Waals surface area contributed by atoms with Crippen LogP contribution in [-0.2, 0) is 27.3 Å². The van der Waals surface area contributed by atoms with Crippen molar-refractivity contribution in [2.24, 2.45) is 11.1 Å². The first-order valence-corrected chi connectivity index (χ1v) is 11.2. The van der Waals surface area contributed by atoms with Gasteiger partial charge in [-0.2, -0.15) is 0 Å². The summed E-state index contributed by atoms with van der Waals surface area (Å²) in [6.45, 7) is 3.82. The predicted octanol–water partition coefficient (Wildman–Crippen LogP) is 3.24. The van der Waals surface area contributed by atoms with Crippen molar-refractivity contribution in [2.75, 3.05) is 25.0 Å². The van der Waals surface area contributed by atoms with Gasteiger partial charge in [0.1, 0.15) is 6.61 Å². The third-order valence-corrected chi connectivity index (χ3v) is 5.63. The van der Waals surface area contributed by atoms with Crippen LogP contribution in [0.1, 0.15) is 31.4 Å². The van der Waals surface area contributed by atoms with Crippen LogP contribution < -0.4 is 21.7 Å². The number of ether oxygens (including phenoxy) is 1. The third kappa shape index (κ3) is 8.40. The Bertz CT molecular complexity index is 952. The highest BCUT2D eigenvalue weighted by molar-refractivity contribution is 6.31. The lowest BCUT2D eigenvalue weighted by atomic mass is 9.86. The minimum Gasteiger partial charge on any atom is -0.448 e. The molecule has 5 N–H and O–H groups in total. The SMILES string of the molecule is CCc1ccc(NC(=O)OCC(C)(CCNC(=O)CN)C(=O)NCc2ccccc2Cl)cc1. The standard InChI is InChI=1S/C24H31ClN4O4/c1-3-17-8-10-19(11-9-17)29-23(32)33-16-24(2,12-13-27-21(30)14-26)22(31)28-15-18-6-4-5-7-20(18)25/h4-11H,3,12-16,26H2,1-2H3,(H,27,30)(H,28,31)(H,29,32). The number of carbonyl (C=O) groups excluding carboxylic acids is 3. The first-order valence-electron chi connectivity index (χ1n) is 10.8. The summed E-state index contributed by atoms with van der Waals surface area (Å²) in [6.07, 6.45) is 0.467. The van der Waals surface area contributed by atoms with Crippen molar-refractivity contribution in [3.8, 4) is 0 Å². The van der Waals surface area contributed by atoms with E-state index in [2.05, 4.69) is 16.0 Å². The lowest BCUT2D eigenvalue weighted by Gasteiger charge is -2.28. The van der Waals surface area contributed by atoms with Crippen LogP contribution in [0.2, 0.25) is 5.02 Å². The molecule has 0 radical (unpaired) electrons. The van der Waals surface area contributed by atoms with Gasteiger partial charge in [0.2, 0.25) is 11.8 Å². The van der Waals surface area contributed by atoms with Gasteiger partial charge in [-0.1, -0.05) is 48.9 Å². The molecule has 2 aromatic rings. The molecular formula is C24H31ClN4O4. The highest BCUT2D eigenvalue weighted by Gasteiger charge is 2.35. The number of halogens is 1. The predicted molar refractivity (Wildman–Crippen MR) is 129 cm³/mol. The smallest absolute Gasteiger partial charge is 0.411 e. The molecular weight excluding hydrogens is 444 g/mol. The number of aryl methyl sites for hydroxylation is 1.